The fraction of sp³-hybridized carbons (Fsp3) is 0.818. The standard InChI is InChI=1S/C22H35NO8S/c24-18(17-12-8-5-3-1-2-4-6-9-13-17)14-10-7-11-15-21(26)31-23-20(25)16-19(22(23)27)32(28,29)30/h17,19H,1-16H2,(H,28,29,30). The predicted octanol–water partition coefficient (Wildman–Crippen LogP) is 3.51. The molecule has 1 N–H and O–H groups in total. The van der Waals surface area contributed by atoms with Crippen molar-refractivity contribution in [3.8, 4) is 0 Å². The van der Waals surface area contributed by atoms with Gasteiger partial charge in [0.15, 0.2) is 5.25 Å². The Hall–Kier alpha value is -1.81. The van der Waals surface area contributed by atoms with Gasteiger partial charge in [-0.1, -0.05) is 57.8 Å². The van der Waals surface area contributed by atoms with Crippen LogP contribution in [-0.2, 0) is 34.1 Å². The summed E-state index contributed by atoms with van der Waals surface area (Å²) in [6, 6.07) is 0. The van der Waals surface area contributed by atoms with Crippen LogP contribution in [0.3, 0.4) is 0 Å². The molecule has 0 radical (unpaired) electrons. The van der Waals surface area contributed by atoms with Crippen LogP contribution in [-0.4, -0.2) is 46.9 Å². The molecule has 0 aromatic heterocycles. The molecule has 1 saturated heterocycles. The van der Waals surface area contributed by atoms with Gasteiger partial charge in [0.25, 0.3) is 21.9 Å². The molecule has 2 rings (SSSR count). The van der Waals surface area contributed by atoms with Gasteiger partial charge in [0, 0.05) is 18.8 Å². The monoisotopic (exact) mass is 473 g/mol. The topological polar surface area (TPSA) is 135 Å². The summed E-state index contributed by atoms with van der Waals surface area (Å²) in [6.07, 6.45) is 13.0. The molecule has 1 aliphatic carbocycles. The molecular formula is C22H35NO8S. The van der Waals surface area contributed by atoms with Crippen molar-refractivity contribution in [1.29, 1.82) is 0 Å². The minimum Gasteiger partial charge on any atom is -0.330 e. The number of hydrogen-bond donors (Lipinski definition) is 1. The lowest BCUT2D eigenvalue weighted by atomic mass is 9.89. The van der Waals surface area contributed by atoms with E-state index in [1.807, 2.05) is 0 Å². The Morgan fingerprint density at radius 3 is 1.94 bits per heavy atom. The third-order valence-electron chi connectivity index (χ3n) is 6.23. The second-order valence-electron chi connectivity index (χ2n) is 8.83. The van der Waals surface area contributed by atoms with Gasteiger partial charge in [-0.05, 0) is 25.7 Å². The smallest absolute Gasteiger partial charge is 0.330 e. The van der Waals surface area contributed by atoms with Gasteiger partial charge in [0.1, 0.15) is 5.78 Å². The van der Waals surface area contributed by atoms with E-state index in [-0.39, 0.29) is 17.4 Å². The summed E-state index contributed by atoms with van der Waals surface area (Å²) in [4.78, 5) is 52.8. The Balaban J connectivity index is 1.66. The van der Waals surface area contributed by atoms with Gasteiger partial charge in [0.2, 0.25) is 0 Å². The molecule has 2 fully saturated rings. The highest BCUT2D eigenvalue weighted by Gasteiger charge is 2.48. The van der Waals surface area contributed by atoms with Crippen LogP contribution in [0, 0.1) is 5.92 Å². The number of unbranched alkanes of at least 4 members (excludes halogenated alkanes) is 2. The molecule has 1 heterocycles. The number of carbonyl (C=O) groups is 4. The normalized spacial score (nSPS) is 21.9. The number of hydrogen-bond acceptors (Lipinski definition) is 7. The molecule has 2 amide bonds. The molecule has 1 saturated carbocycles. The maximum atomic E-state index is 12.6. The van der Waals surface area contributed by atoms with Crippen LogP contribution in [0.1, 0.15) is 103 Å². The van der Waals surface area contributed by atoms with Gasteiger partial charge >= 0.3 is 5.97 Å². The van der Waals surface area contributed by atoms with Crippen molar-refractivity contribution in [2.45, 2.75) is 108 Å². The number of imide groups is 1. The van der Waals surface area contributed by atoms with Gasteiger partial charge in [0.05, 0.1) is 6.42 Å². The first-order valence-corrected chi connectivity index (χ1v) is 13.3. The number of carbonyl (C=O) groups excluding carboxylic acids is 4. The fourth-order valence-electron chi connectivity index (χ4n) is 4.32. The van der Waals surface area contributed by atoms with Crippen molar-refractivity contribution in [1.82, 2.24) is 5.06 Å². The van der Waals surface area contributed by atoms with E-state index in [0.29, 0.717) is 31.5 Å². The third-order valence-corrected chi connectivity index (χ3v) is 7.32. The molecule has 9 nitrogen and oxygen atoms in total. The lowest BCUT2D eigenvalue weighted by molar-refractivity contribution is -0.197. The average Bonchev–Trinajstić information content (AvgIpc) is 2.98. The van der Waals surface area contributed by atoms with E-state index in [2.05, 4.69) is 0 Å². The quantitative estimate of drug-likeness (QED) is 0.305. The number of Topliss-reactive ketones (excluding diaryl/α,β-unsaturated/α-hetero) is 1. The maximum Gasteiger partial charge on any atom is 0.333 e. The van der Waals surface area contributed by atoms with Crippen molar-refractivity contribution in [2.75, 3.05) is 0 Å². The Morgan fingerprint density at radius 1 is 0.875 bits per heavy atom. The van der Waals surface area contributed by atoms with Crippen LogP contribution in [0.5, 0.6) is 0 Å². The first-order chi connectivity index (χ1) is 15.2. The minimum absolute atomic E-state index is 0.0643. The van der Waals surface area contributed by atoms with Crippen molar-refractivity contribution in [2.24, 2.45) is 5.92 Å². The predicted molar refractivity (Wildman–Crippen MR) is 116 cm³/mol. The lowest BCUT2D eigenvalue weighted by Gasteiger charge is -2.15. The molecule has 0 bridgehead atoms. The van der Waals surface area contributed by atoms with Crippen LogP contribution < -0.4 is 0 Å². The van der Waals surface area contributed by atoms with E-state index < -0.39 is 39.6 Å². The second kappa shape index (κ2) is 13.0. The van der Waals surface area contributed by atoms with Gasteiger partial charge in [-0.25, -0.2) is 4.79 Å². The highest BCUT2D eigenvalue weighted by atomic mass is 32.2. The van der Waals surface area contributed by atoms with E-state index >= 15 is 0 Å². The molecule has 0 aromatic rings. The molecule has 1 aliphatic heterocycles. The number of rotatable bonds is 9. The first-order valence-electron chi connectivity index (χ1n) is 11.8. The van der Waals surface area contributed by atoms with Crippen LogP contribution in [0.15, 0.2) is 0 Å². The zero-order chi connectivity index (χ0) is 23.6. The van der Waals surface area contributed by atoms with Gasteiger partial charge in [-0.2, -0.15) is 8.42 Å². The summed E-state index contributed by atoms with van der Waals surface area (Å²) in [5, 5.41) is -1.81. The SMILES string of the molecule is O=C(CCCCCC(=O)C1CCCCCCCCCC1)ON1C(=O)CC(S(=O)(=O)O)C1=O. The molecule has 2 aliphatic rings. The third kappa shape index (κ3) is 8.61. The van der Waals surface area contributed by atoms with Crippen molar-refractivity contribution in [3.05, 3.63) is 0 Å². The van der Waals surface area contributed by atoms with Crippen LogP contribution in [0.25, 0.3) is 0 Å². The largest absolute Gasteiger partial charge is 0.333 e. The van der Waals surface area contributed by atoms with Gasteiger partial charge in [-0.15, -0.1) is 5.06 Å². The van der Waals surface area contributed by atoms with Crippen molar-refractivity contribution >= 4 is 33.7 Å². The van der Waals surface area contributed by atoms with Gasteiger partial charge in [-0.3, -0.25) is 18.9 Å². The Labute approximate surface area is 189 Å². The Bertz CT molecular complexity index is 767. The fourth-order valence-corrected chi connectivity index (χ4v) is 5.02. The molecule has 10 heteroatoms. The summed E-state index contributed by atoms with van der Waals surface area (Å²) in [7, 11) is -4.74. The van der Waals surface area contributed by atoms with E-state index in [4.69, 9.17) is 9.39 Å². The van der Waals surface area contributed by atoms with Crippen molar-refractivity contribution < 1.29 is 37.0 Å². The summed E-state index contributed by atoms with van der Waals surface area (Å²) in [5.74, 6) is -2.65. The number of ketones is 1. The van der Waals surface area contributed by atoms with E-state index in [1.165, 1.54) is 38.5 Å². The van der Waals surface area contributed by atoms with Crippen LogP contribution in [0.4, 0.5) is 0 Å². The van der Waals surface area contributed by atoms with E-state index in [0.717, 1.165) is 25.7 Å². The lowest BCUT2D eigenvalue weighted by Crippen LogP contribution is -2.36. The zero-order valence-corrected chi connectivity index (χ0v) is 19.4. The Morgan fingerprint density at radius 2 is 1.41 bits per heavy atom. The number of amides is 2. The molecule has 1 atom stereocenters. The average molecular weight is 474 g/mol. The number of nitrogens with zero attached hydrogens (tertiary/aromatic N) is 1. The summed E-state index contributed by atoms with van der Waals surface area (Å²) in [6.45, 7) is 0. The minimum atomic E-state index is -4.74. The van der Waals surface area contributed by atoms with Crippen LogP contribution >= 0.6 is 0 Å². The first kappa shape index (κ1) is 26.4. The zero-order valence-electron chi connectivity index (χ0n) is 18.6. The summed E-state index contributed by atoms with van der Waals surface area (Å²) >= 11 is 0. The van der Waals surface area contributed by atoms with Gasteiger partial charge < -0.3 is 4.84 Å². The molecule has 0 aromatic carbocycles. The highest BCUT2D eigenvalue weighted by molar-refractivity contribution is 7.87. The van der Waals surface area contributed by atoms with Crippen molar-refractivity contribution in [3.63, 3.8) is 0 Å². The molecule has 32 heavy (non-hydrogen) atoms. The van der Waals surface area contributed by atoms with Crippen LogP contribution in [0.2, 0.25) is 0 Å². The summed E-state index contributed by atoms with van der Waals surface area (Å²) < 4.78 is 31.2. The number of hydroxylamine groups is 2. The molecule has 0 spiro atoms. The van der Waals surface area contributed by atoms with E-state index in [1.54, 1.807) is 0 Å². The highest BCUT2D eigenvalue weighted by Crippen LogP contribution is 2.24. The molecule has 1 unspecified atom stereocenters. The second-order valence-corrected chi connectivity index (χ2v) is 10.4. The maximum absolute atomic E-state index is 12.6. The van der Waals surface area contributed by atoms with E-state index in [9.17, 15) is 27.6 Å². The molecule has 182 valence electrons. The molecular weight excluding hydrogens is 438 g/mol. The summed E-state index contributed by atoms with van der Waals surface area (Å²) in [5.41, 5.74) is 0. The Kier molecular flexibility index (Phi) is 10.8.